The molecule has 0 bridgehead atoms. The molecule has 0 N–H and O–H groups in total. The number of anilines is 1. The van der Waals surface area contributed by atoms with Crippen molar-refractivity contribution in [1.29, 1.82) is 0 Å². The zero-order chi connectivity index (χ0) is 30.4. The average molecular weight is 615 g/mol. The van der Waals surface area contributed by atoms with Crippen molar-refractivity contribution >= 4 is 5.82 Å². The van der Waals surface area contributed by atoms with Gasteiger partial charge in [0.1, 0.15) is 29.7 Å². The Morgan fingerprint density at radius 2 is 1.89 bits per heavy atom. The van der Waals surface area contributed by atoms with Gasteiger partial charge in [-0.2, -0.15) is 0 Å². The summed E-state index contributed by atoms with van der Waals surface area (Å²) in [5.41, 5.74) is 3.73. The molecular weight excluding hydrogens is 571 g/mol. The Balaban J connectivity index is 0.832. The Morgan fingerprint density at radius 3 is 2.71 bits per heavy atom. The van der Waals surface area contributed by atoms with Gasteiger partial charge in [-0.1, -0.05) is 6.92 Å². The van der Waals surface area contributed by atoms with Crippen molar-refractivity contribution in [3.8, 4) is 17.2 Å². The van der Waals surface area contributed by atoms with Gasteiger partial charge in [0.05, 0.1) is 11.8 Å². The Morgan fingerprint density at radius 1 is 1.02 bits per heavy atom. The molecule has 0 unspecified atom stereocenters. The van der Waals surface area contributed by atoms with E-state index in [4.69, 9.17) is 19.2 Å². The molecule has 9 nitrogen and oxygen atoms in total. The van der Waals surface area contributed by atoms with Crippen LogP contribution in [0.3, 0.4) is 0 Å². The van der Waals surface area contributed by atoms with Gasteiger partial charge in [0.25, 0.3) is 0 Å². The maximum absolute atomic E-state index is 13.8. The third-order valence-electron chi connectivity index (χ3n) is 10.6. The van der Waals surface area contributed by atoms with Crippen LogP contribution in [0.4, 0.5) is 10.2 Å². The minimum absolute atomic E-state index is 0.192. The van der Waals surface area contributed by atoms with Gasteiger partial charge in [-0.15, -0.1) is 0 Å². The van der Waals surface area contributed by atoms with Crippen LogP contribution in [0.1, 0.15) is 55.8 Å². The van der Waals surface area contributed by atoms with Crippen LogP contribution in [0, 0.1) is 11.2 Å². The number of halogens is 1. The number of benzene rings is 1. The lowest BCUT2D eigenvalue weighted by molar-refractivity contribution is -0.111. The number of likely N-dealkylation sites (tertiary alicyclic amines) is 1. The van der Waals surface area contributed by atoms with Crippen molar-refractivity contribution < 1.29 is 18.6 Å². The number of aromatic nitrogens is 3. The van der Waals surface area contributed by atoms with Gasteiger partial charge in [-0.3, -0.25) is 14.8 Å². The number of rotatable bonds is 10. The number of aryl methyl sites for hydroxylation is 1. The average Bonchev–Trinajstić information content (AvgIpc) is 3.49. The first-order valence-corrected chi connectivity index (χ1v) is 16.7. The third-order valence-corrected chi connectivity index (χ3v) is 10.6. The summed E-state index contributed by atoms with van der Waals surface area (Å²) in [4.78, 5) is 20.9. The molecule has 2 aromatic heterocycles. The van der Waals surface area contributed by atoms with E-state index in [0.29, 0.717) is 17.9 Å². The molecule has 2 spiro atoms. The predicted octanol–water partition coefficient (Wildman–Crippen LogP) is 5.03. The Labute approximate surface area is 264 Å². The van der Waals surface area contributed by atoms with Crippen LogP contribution >= 0.6 is 0 Å². The monoisotopic (exact) mass is 614 g/mol. The molecule has 1 aliphatic carbocycles. The van der Waals surface area contributed by atoms with Crippen molar-refractivity contribution in [1.82, 2.24) is 24.8 Å². The highest BCUT2D eigenvalue weighted by Gasteiger charge is 2.54. The number of ether oxygens (including phenoxy) is 3. The first kappa shape index (κ1) is 29.1. The maximum Gasteiger partial charge on any atom is 0.188 e. The summed E-state index contributed by atoms with van der Waals surface area (Å²) in [6.45, 7) is 11.2. The Hall–Kier alpha value is -3.34. The summed E-state index contributed by atoms with van der Waals surface area (Å²) in [5.74, 6) is 2.79. The van der Waals surface area contributed by atoms with Gasteiger partial charge in [0.2, 0.25) is 0 Å². The number of hydrogen-bond donors (Lipinski definition) is 0. The molecule has 6 heterocycles. The van der Waals surface area contributed by atoms with E-state index in [1.165, 1.54) is 42.7 Å². The first-order chi connectivity index (χ1) is 22.0. The summed E-state index contributed by atoms with van der Waals surface area (Å²) in [7, 11) is 0. The van der Waals surface area contributed by atoms with Crippen molar-refractivity contribution in [2.24, 2.45) is 5.41 Å². The fourth-order valence-corrected chi connectivity index (χ4v) is 8.22. The second-order valence-corrected chi connectivity index (χ2v) is 13.9. The SMILES string of the molecule is CCc1cc(F)ccc1Oc1cncnc1N1CC2(CC(Oc3ccnc4c3CN(CCCN3CC5(CCCO5)C3)CC4)C2)C1. The quantitative estimate of drug-likeness (QED) is 0.313. The van der Waals surface area contributed by atoms with E-state index in [0.717, 1.165) is 95.4 Å². The largest absolute Gasteiger partial charge is 0.490 e. The number of nitrogens with zero attached hydrogens (tertiary/aromatic N) is 6. The molecule has 0 radical (unpaired) electrons. The van der Waals surface area contributed by atoms with Gasteiger partial charge in [-0.25, -0.2) is 14.4 Å². The summed E-state index contributed by atoms with van der Waals surface area (Å²) in [5, 5.41) is 0. The summed E-state index contributed by atoms with van der Waals surface area (Å²) in [6, 6.07) is 6.70. The lowest BCUT2D eigenvalue weighted by atomic mass is 9.61. The van der Waals surface area contributed by atoms with Crippen LogP contribution in [0.2, 0.25) is 0 Å². The molecule has 4 aliphatic heterocycles. The summed E-state index contributed by atoms with van der Waals surface area (Å²) >= 11 is 0. The fraction of sp³-hybridized carbons (Fsp3) is 0.571. The smallest absolute Gasteiger partial charge is 0.188 e. The van der Waals surface area contributed by atoms with E-state index < -0.39 is 0 Å². The van der Waals surface area contributed by atoms with E-state index >= 15 is 0 Å². The van der Waals surface area contributed by atoms with E-state index in [-0.39, 0.29) is 22.9 Å². The van der Waals surface area contributed by atoms with Gasteiger partial charge in [0.15, 0.2) is 11.6 Å². The van der Waals surface area contributed by atoms with Crippen LogP contribution in [0.25, 0.3) is 0 Å². The molecule has 3 aromatic rings. The van der Waals surface area contributed by atoms with E-state index in [1.54, 1.807) is 18.6 Å². The molecule has 1 aromatic carbocycles. The van der Waals surface area contributed by atoms with E-state index in [1.807, 2.05) is 13.1 Å². The zero-order valence-electron chi connectivity index (χ0n) is 26.2. The molecule has 0 amide bonds. The van der Waals surface area contributed by atoms with Crippen molar-refractivity contribution in [2.45, 2.75) is 70.1 Å². The lowest BCUT2D eigenvalue weighted by Crippen LogP contribution is -2.65. The van der Waals surface area contributed by atoms with Gasteiger partial charge >= 0.3 is 0 Å². The van der Waals surface area contributed by atoms with Crippen molar-refractivity contribution in [3.05, 3.63) is 65.6 Å². The standard InChI is InChI=1S/C35H43FN6O3/c1-2-25-15-26(36)5-6-30(25)45-32-18-37-24-39-33(32)42-20-34(21-42)16-27(17-34)44-31-7-10-38-29-8-13-40(19-28(29)31)11-4-12-41-22-35(23-41)9-3-14-43-35/h5-7,10,15,18,24,27H,2-4,8-9,11-14,16-17,19-23H2,1H3. The third kappa shape index (κ3) is 5.77. The Bertz CT molecular complexity index is 1530. The number of pyridine rings is 1. The topological polar surface area (TPSA) is 76.1 Å². The first-order valence-electron chi connectivity index (χ1n) is 16.7. The minimum Gasteiger partial charge on any atom is -0.490 e. The van der Waals surface area contributed by atoms with Crippen molar-refractivity contribution in [2.75, 3.05) is 57.3 Å². The number of fused-ring (bicyclic) bond motifs is 1. The van der Waals surface area contributed by atoms with Crippen molar-refractivity contribution in [3.63, 3.8) is 0 Å². The van der Waals surface area contributed by atoms with Crippen LogP contribution in [0.5, 0.6) is 17.2 Å². The second-order valence-electron chi connectivity index (χ2n) is 13.9. The molecule has 238 valence electrons. The highest BCUT2D eigenvalue weighted by molar-refractivity contribution is 5.56. The van der Waals surface area contributed by atoms with Crippen LogP contribution in [-0.4, -0.2) is 88.9 Å². The molecule has 4 fully saturated rings. The molecule has 5 aliphatic rings. The second kappa shape index (κ2) is 11.8. The van der Waals surface area contributed by atoms with Crippen LogP contribution in [0.15, 0.2) is 43.0 Å². The summed E-state index contributed by atoms with van der Waals surface area (Å²) in [6.07, 6.45) is 12.8. The number of hydrogen-bond acceptors (Lipinski definition) is 9. The summed E-state index contributed by atoms with van der Waals surface area (Å²) < 4.78 is 32.6. The molecule has 45 heavy (non-hydrogen) atoms. The molecule has 10 heteroatoms. The van der Waals surface area contributed by atoms with E-state index in [9.17, 15) is 4.39 Å². The molecule has 3 saturated heterocycles. The lowest BCUT2D eigenvalue weighted by Gasteiger charge is -2.59. The molecule has 0 atom stereocenters. The van der Waals surface area contributed by atoms with Gasteiger partial charge in [0, 0.05) is 75.2 Å². The molecule has 1 saturated carbocycles. The zero-order valence-corrected chi connectivity index (χ0v) is 26.2. The highest BCUT2D eigenvalue weighted by atomic mass is 19.1. The normalized spacial score (nSPS) is 22.1. The minimum atomic E-state index is -0.259. The molecular formula is C35H43FN6O3. The van der Waals surface area contributed by atoms with E-state index in [2.05, 4.69) is 30.7 Å². The van der Waals surface area contributed by atoms with Gasteiger partial charge < -0.3 is 19.1 Å². The van der Waals surface area contributed by atoms with Crippen LogP contribution < -0.4 is 14.4 Å². The fourth-order valence-electron chi connectivity index (χ4n) is 8.22. The van der Waals surface area contributed by atoms with Gasteiger partial charge in [-0.05, 0) is 81.4 Å². The maximum atomic E-state index is 13.8. The molecule has 8 rings (SSSR count). The Kier molecular flexibility index (Phi) is 7.62. The predicted molar refractivity (Wildman–Crippen MR) is 168 cm³/mol. The highest BCUT2D eigenvalue weighted by Crippen LogP contribution is 2.52. The van der Waals surface area contributed by atoms with Crippen LogP contribution in [-0.2, 0) is 24.1 Å².